The fourth-order valence-corrected chi connectivity index (χ4v) is 4.32. The summed E-state index contributed by atoms with van der Waals surface area (Å²) in [5.41, 5.74) is 13.2. The number of nitrogens with one attached hydrogen (secondary N) is 1. The van der Waals surface area contributed by atoms with E-state index in [2.05, 4.69) is 15.3 Å². The fourth-order valence-electron chi connectivity index (χ4n) is 4.32. The van der Waals surface area contributed by atoms with Gasteiger partial charge in [0.1, 0.15) is 11.4 Å². The molecular weight excluding hydrogens is 538 g/mol. The maximum absolute atomic E-state index is 13.7. The summed E-state index contributed by atoms with van der Waals surface area (Å²) in [5, 5.41) is 6.52. The van der Waals surface area contributed by atoms with Gasteiger partial charge in [-0.25, -0.2) is 0 Å². The van der Waals surface area contributed by atoms with Crippen LogP contribution >= 0.6 is 0 Å². The van der Waals surface area contributed by atoms with Crippen LogP contribution in [-0.2, 0) is 35.1 Å². The summed E-state index contributed by atoms with van der Waals surface area (Å²) in [6, 6.07) is 8.36. The molecule has 0 aromatic heterocycles. The number of hydrogen-bond donors (Lipinski definition) is 2. The highest BCUT2D eigenvalue weighted by atomic mass is 16.6. The predicted molar refractivity (Wildman–Crippen MR) is 161 cm³/mol. The van der Waals surface area contributed by atoms with E-state index in [1.54, 1.807) is 34.6 Å². The number of amides is 1. The van der Waals surface area contributed by atoms with Crippen LogP contribution in [0.3, 0.4) is 0 Å². The van der Waals surface area contributed by atoms with Crippen molar-refractivity contribution in [1.29, 1.82) is 0 Å². The maximum Gasteiger partial charge on any atom is 0.308 e. The summed E-state index contributed by atoms with van der Waals surface area (Å²) >= 11 is 0. The van der Waals surface area contributed by atoms with Crippen molar-refractivity contribution in [3.05, 3.63) is 46.3 Å². The lowest BCUT2D eigenvalue weighted by Gasteiger charge is -2.36. The van der Waals surface area contributed by atoms with Crippen LogP contribution in [0.1, 0.15) is 86.6 Å². The van der Waals surface area contributed by atoms with Crippen molar-refractivity contribution in [3.8, 4) is 0 Å². The zero-order chi connectivity index (χ0) is 32.1. The van der Waals surface area contributed by atoms with Gasteiger partial charge in [0, 0.05) is 35.8 Å². The summed E-state index contributed by atoms with van der Waals surface area (Å²) in [6.45, 7) is 14.4. The van der Waals surface area contributed by atoms with Crippen LogP contribution in [0.2, 0.25) is 0 Å². The Balaban J connectivity index is 3.15. The first kappa shape index (κ1) is 36.8. The molecule has 1 aromatic rings. The first-order chi connectivity index (χ1) is 19.3. The second-order valence-electron chi connectivity index (χ2n) is 13.2. The molecule has 3 atom stereocenters. The molecule has 11 heteroatoms. The van der Waals surface area contributed by atoms with Gasteiger partial charge in [-0.3, -0.25) is 19.2 Å². The van der Waals surface area contributed by atoms with Crippen LogP contribution in [0.4, 0.5) is 0 Å². The number of carbonyl (C=O) groups excluding carboxylic acids is 4. The molecule has 234 valence electrons. The number of ketones is 2. The van der Waals surface area contributed by atoms with Crippen molar-refractivity contribution in [3.63, 3.8) is 0 Å². The molecular formula is C31H49N5O6. The van der Waals surface area contributed by atoms with Gasteiger partial charge in [0.05, 0.1) is 30.6 Å². The number of azide groups is 1. The molecule has 3 N–H and O–H groups in total. The van der Waals surface area contributed by atoms with Crippen LogP contribution in [0.5, 0.6) is 0 Å². The fraction of sp³-hybridized carbons (Fsp3) is 0.677. The zero-order valence-corrected chi connectivity index (χ0v) is 26.4. The van der Waals surface area contributed by atoms with Gasteiger partial charge < -0.3 is 20.5 Å². The highest BCUT2D eigenvalue weighted by molar-refractivity contribution is 5.92. The Morgan fingerprint density at radius 3 is 2.12 bits per heavy atom. The molecule has 1 amide bonds. The Bertz CT molecular complexity index is 1100. The average Bonchev–Trinajstić information content (AvgIpc) is 2.85. The molecule has 0 spiro atoms. The van der Waals surface area contributed by atoms with E-state index in [0.29, 0.717) is 12.8 Å². The Morgan fingerprint density at radius 2 is 1.57 bits per heavy atom. The molecule has 1 aromatic carbocycles. The van der Waals surface area contributed by atoms with E-state index in [4.69, 9.17) is 20.7 Å². The number of nitrogens with two attached hydrogens (primary N) is 1. The van der Waals surface area contributed by atoms with Gasteiger partial charge in [0.15, 0.2) is 5.78 Å². The lowest BCUT2D eigenvalue weighted by Crippen LogP contribution is -2.55. The lowest BCUT2D eigenvalue weighted by molar-refractivity contribution is -0.156. The predicted octanol–water partition coefficient (Wildman–Crippen LogP) is 4.85. The van der Waals surface area contributed by atoms with Crippen LogP contribution in [-0.4, -0.2) is 59.4 Å². The molecule has 0 saturated carbocycles. The van der Waals surface area contributed by atoms with Crippen molar-refractivity contribution in [2.75, 3.05) is 13.2 Å². The van der Waals surface area contributed by atoms with Crippen LogP contribution in [0.15, 0.2) is 35.4 Å². The summed E-state index contributed by atoms with van der Waals surface area (Å²) in [5.74, 6) is -3.09. The van der Waals surface area contributed by atoms with Crippen molar-refractivity contribution in [1.82, 2.24) is 5.32 Å². The molecule has 0 bridgehead atoms. The quantitative estimate of drug-likeness (QED) is 0.0861. The summed E-state index contributed by atoms with van der Waals surface area (Å²) in [6.07, 6.45) is 0.414. The second-order valence-corrected chi connectivity index (χ2v) is 13.2. The van der Waals surface area contributed by atoms with Crippen LogP contribution in [0, 0.1) is 11.8 Å². The van der Waals surface area contributed by atoms with Gasteiger partial charge in [0.2, 0.25) is 5.91 Å². The smallest absolute Gasteiger partial charge is 0.308 e. The minimum absolute atomic E-state index is 0.0558. The molecule has 0 heterocycles. The third-order valence-electron chi connectivity index (χ3n) is 6.49. The third kappa shape index (κ3) is 14.6. The molecule has 11 nitrogen and oxygen atoms in total. The van der Waals surface area contributed by atoms with Gasteiger partial charge in [-0.05, 0) is 79.3 Å². The van der Waals surface area contributed by atoms with Gasteiger partial charge in [0.25, 0.3) is 0 Å². The van der Waals surface area contributed by atoms with E-state index < -0.39 is 52.3 Å². The van der Waals surface area contributed by atoms with E-state index in [1.807, 2.05) is 51.1 Å². The molecule has 0 saturated heterocycles. The van der Waals surface area contributed by atoms with Gasteiger partial charge in [-0.15, -0.1) is 0 Å². The van der Waals surface area contributed by atoms with E-state index in [1.165, 1.54) is 0 Å². The highest BCUT2D eigenvalue weighted by Gasteiger charge is 2.38. The lowest BCUT2D eigenvalue weighted by atomic mass is 9.78. The molecule has 0 aliphatic heterocycles. The number of rotatable bonds is 17. The van der Waals surface area contributed by atoms with Crippen molar-refractivity contribution in [2.24, 2.45) is 22.7 Å². The SMILES string of the molecule is CC(C)(C)OC[C@H](CC(=O)[C@@H](N)CC(=O)OC(C)(C)C)C(=O)NC(C)(C)[C@@H](Cc1ccccc1)C(=O)CCCN=[N+]=[N-]. The minimum atomic E-state index is -1.14. The number of hydrogen-bond acceptors (Lipinski definition) is 8. The molecule has 0 unspecified atom stereocenters. The van der Waals surface area contributed by atoms with E-state index in [-0.39, 0.29) is 38.2 Å². The summed E-state index contributed by atoms with van der Waals surface area (Å²) in [7, 11) is 0. The summed E-state index contributed by atoms with van der Waals surface area (Å²) in [4.78, 5) is 55.1. The Labute approximate surface area is 249 Å². The third-order valence-corrected chi connectivity index (χ3v) is 6.49. The molecule has 0 aliphatic carbocycles. The number of nitrogens with zero attached hydrogens (tertiary/aromatic N) is 3. The van der Waals surface area contributed by atoms with Crippen molar-refractivity contribution < 1.29 is 28.7 Å². The molecule has 1 rings (SSSR count). The van der Waals surface area contributed by atoms with Crippen LogP contribution < -0.4 is 11.1 Å². The largest absolute Gasteiger partial charge is 0.460 e. The standard InChI is InChI=1S/C31H49N5O6/c1-29(2,3)41-20-22(18-26(38)24(32)19-27(39)42-30(4,5)6)28(40)35-31(7,8)23(17-21-13-10-9-11-14-21)25(37)15-12-16-34-36-33/h9-11,13-14,22-24H,12,15-20,32H2,1-8H3,(H,35,40)/t22-,23-,24-/m0/s1. The second kappa shape index (κ2) is 16.4. The number of esters is 1. The highest BCUT2D eigenvalue weighted by Crippen LogP contribution is 2.26. The Hall–Kier alpha value is -3.27. The summed E-state index contributed by atoms with van der Waals surface area (Å²) < 4.78 is 11.2. The molecule has 0 fully saturated rings. The normalized spacial score (nSPS) is 14.2. The number of Topliss-reactive ketones (excluding diaryl/α,β-unsaturated/α-hetero) is 2. The van der Waals surface area contributed by atoms with Crippen LogP contribution in [0.25, 0.3) is 10.4 Å². The average molecular weight is 588 g/mol. The number of carbonyl (C=O) groups is 4. The van der Waals surface area contributed by atoms with Gasteiger partial charge in [-0.2, -0.15) is 0 Å². The number of ether oxygens (including phenoxy) is 2. The first-order valence-corrected chi connectivity index (χ1v) is 14.4. The Morgan fingerprint density at radius 1 is 0.952 bits per heavy atom. The number of benzene rings is 1. The van der Waals surface area contributed by atoms with Crippen molar-refractivity contribution in [2.45, 2.75) is 110 Å². The van der Waals surface area contributed by atoms with Crippen molar-refractivity contribution >= 4 is 23.4 Å². The molecule has 0 aliphatic rings. The monoisotopic (exact) mass is 587 g/mol. The minimum Gasteiger partial charge on any atom is -0.460 e. The zero-order valence-electron chi connectivity index (χ0n) is 26.4. The van der Waals surface area contributed by atoms with Gasteiger partial charge in [-0.1, -0.05) is 35.4 Å². The first-order valence-electron chi connectivity index (χ1n) is 14.4. The Kier molecular flexibility index (Phi) is 14.3. The molecule has 0 radical (unpaired) electrons. The molecule has 42 heavy (non-hydrogen) atoms. The van der Waals surface area contributed by atoms with Gasteiger partial charge >= 0.3 is 5.97 Å². The topological polar surface area (TPSA) is 174 Å². The van der Waals surface area contributed by atoms with E-state index in [9.17, 15) is 19.2 Å². The van der Waals surface area contributed by atoms with E-state index >= 15 is 0 Å². The van der Waals surface area contributed by atoms with E-state index in [0.717, 1.165) is 5.56 Å². The maximum atomic E-state index is 13.7.